The van der Waals surface area contributed by atoms with Crippen LogP contribution in [0.2, 0.25) is 0 Å². The van der Waals surface area contributed by atoms with Crippen molar-refractivity contribution in [2.45, 2.75) is 32.6 Å². The van der Waals surface area contributed by atoms with Crippen LogP contribution in [0.1, 0.15) is 42.6 Å². The first-order valence-electron chi connectivity index (χ1n) is 6.04. The molecule has 19 heavy (non-hydrogen) atoms. The zero-order valence-electron chi connectivity index (χ0n) is 11.2. The molecule has 0 spiro atoms. The first-order chi connectivity index (χ1) is 8.91. The number of thiazole rings is 1. The summed E-state index contributed by atoms with van der Waals surface area (Å²) < 4.78 is 13.5. The first-order valence-corrected chi connectivity index (χ1v) is 6.92. The topological polar surface area (TPSA) is 36.7 Å². The third-order valence-corrected chi connectivity index (χ3v) is 3.72. The summed E-state index contributed by atoms with van der Waals surface area (Å²) in [6.45, 7) is 6.32. The van der Waals surface area contributed by atoms with Gasteiger partial charge in [0.15, 0.2) is 0 Å². The van der Waals surface area contributed by atoms with Gasteiger partial charge in [0.1, 0.15) is 11.9 Å². The molecule has 0 aliphatic rings. The Labute approximate surface area is 116 Å². The van der Waals surface area contributed by atoms with E-state index in [1.54, 1.807) is 23.5 Å². The molecule has 2 rings (SSSR count). The molecule has 1 aromatic carbocycles. The van der Waals surface area contributed by atoms with Crippen LogP contribution < -0.4 is 0 Å². The summed E-state index contributed by atoms with van der Waals surface area (Å²) in [5.41, 5.74) is 1.85. The van der Waals surface area contributed by atoms with Gasteiger partial charge in [-0.15, -0.1) is 11.3 Å². The SMILES string of the molecule is CC(C)(C)c1csc(Cc2cccc(F)c2C#N)n1. The second-order valence-electron chi connectivity index (χ2n) is 5.44. The quantitative estimate of drug-likeness (QED) is 0.828. The minimum atomic E-state index is -0.465. The normalized spacial score (nSPS) is 11.3. The minimum Gasteiger partial charge on any atom is -0.245 e. The van der Waals surface area contributed by atoms with Gasteiger partial charge >= 0.3 is 0 Å². The Balaban J connectivity index is 2.30. The van der Waals surface area contributed by atoms with Crippen molar-refractivity contribution < 1.29 is 4.39 Å². The molecule has 0 saturated heterocycles. The van der Waals surface area contributed by atoms with Crippen molar-refractivity contribution in [3.05, 3.63) is 51.2 Å². The fraction of sp³-hybridized carbons (Fsp3) is 0.333. The highest BCUT2D eigenvalue weighted by Gasteiger charge is 2.18. The smallest absolute Gasteiger partial charge is 0.141 e. The highest BCUT2D eigenvalue weighted by molar-refractivity contribution is 7.09. The molecule has 1 heterocycles. The van der Waals surface area contributed by atoms with E-state index in [1.165, 1.54) is 6.07 Å². The van der Waals surface area contributed by atoms with Crippen LogP contribution in [-0.2, 0) is 11.8 Å². The number of nitriles is 1. The number of nitrogens with zero attached hydrogens (tertiary/aromatic N) is 2. The summed E-state index contributed by atoms with van der Waals surface area (Å²) in [4.78, 5) is 4.57. The van der Waals surface area contributed by atoms with Crippen molar-refractivity contribution in [2.24, 2.45) is 0 Å². The first kappa shape index (κ1) is 13.7. The van der Waals surface area contributed by atoms with Crippen LogP contribution in [0, 0.1) is 17.1 Å². The molecule has 4 heteroatoms. The summed E-state index contributed by atoms with van der Waals surface area (Å²) in [6, 6.07) is 6.64. The van der Waals surface area contributed by atoms with Crippen LogP contribution >= 0.6 is 11.3 Å². The van der Waals surface area contributed by atoms with Crippen molar-refractivity contribution >= 4 is 11.3 Å². The molecule has 0 unspecified atom stereocenters. The maximum atomic E-state index is 13.5. The lowest BCUT2D eigenvalue weighted by Crippen LogP contribution is -2.11. The van der Waals surface area contributed by atoms with Gasteiger partial charge in [-0.3, -0.25) is 0 Å². The molecule has 1 aromatic heterocycles. The molecule has 2 nitrogen and oxygen atoms in total. The van der Waals surface area contributed by atoms with Gasteiger partial charge in [-0.05, 0) is 11.6 Å². The van der Waals surface area contributed by atoms with E-state index in [2.05, 4.69) is 25.8 Å². The summed E-state index contributed by atoms with van der Waals surface area (Å²) >= 11 is 1.55. The lowest BCUT2D eigenvalue weighted by molar-refractivity contribution is 0.571. The third kappa shape index (κ3) is 2.99. The second-order valence-corrected chi connectivity index (χ2v) is 6.38. The molecule has 0 amide bonds. The van der Waals surface area contributed by atoms with Crippen LogP contribution in [-0.4, -0.2) is 4.98 Å². The van der Waals surface area contributed by atoms with Crippen LogP contribution in [0.3, 0.4) is 0 Å². The van der Waals surface area contributed by atoms with Crippen LogP contribution in [0.25, 0.3) is 0 Å². The largest absolute Gasteiger partial charge is 0.245 e. The molecular formula is C15H15FN2S. The Morgan fingerprint density at radius 2 is 2.11 bits per heavy atom. The molecule has 0 aliphatic carbocycles. The number of aromatic nitrogens is 1. The molecule has 0 saturated carbocycles. The van der Waals surface area contributed by atoms with E-state index in [0.717, 1.165) is 10.7 Å². The van der Waals surface area contributed by atoms with Gasteiger partial charge < -0.3 is 0 Å². The van der Waals surface area contributed by atoms with Gasteiger partial charge in [-0.1, -0.05) is 32.9 Å². The van der Waals surface area contributed by atoms with Crippen LogP contribution in [0.5, 0.6) is 0 Å². The maximum Gasteiger partial charge on any atom is 0.141 e. The fourth-order valence-electron chi connectivity index (χ4n) is 1.74. The summed E-state index contributed by atoms with van der Waals surface area (Å²) in [5, 5.41) is 11.9. The highest BCUT2D eigenvalue weighted by Crippen LogP contribution is 2.26. The van der Waals surface area contributed by atoms with E-state index in [0.29, 0.717) is 12.0 Å². The molecule has 0 aliphatic heterocycles. The van der Waals surface area contributed by atoms with Crippen LogP contribution in [0.15, 0.2) is 23.6 Å². The average molecular weight is 274 g/mol. The zero-order chi connectivity index (χ0) is 14.0. The van der Waals surface area contributed by atoms with Crippen molar-refractivity contribution in [1.29, 1.82) is 5.26 Å². The summed E-state index contributed by atoms with van der Waals surface area (Å²) in [6.07, 6.45) is 0.501. The van der Waals surface area contributed by atoms with Crippen molar-refractivity contribution in [2.75, 3.05) is 0 Å². The lowest BCUT2D eigenvalue weighted by atomic mass is 9.93. The molecular weight excluding hydrogens is 259 g/mol. The number of benzene rings is 1. The Morgan fingerprint density at radius 1 is 1.37 bits per heavy atom. The number of hydrogen-bond donors (Lipinski definition) is 0. The zero-order valence-corrected chi connectivity index (χ0v) is 12.0. The monoisotopic (exact) mass is 274 g/mol. The Hall–Kier alpha value is -1.73. The maximum absolute atomic E-state index is 13.5. The summed E-state index contributed by atoms with van der Waals surface area (Å²) in [7, 11) is 0. The predicted octanol–water partition coefficient (Wildman–Crippen LogP) is 4.04. The van der Waals surface area contributed by atoms with Crippen LogP contribution in [0.4, 0.5) is 4.39 Å². The van der Waals surface area contributed by atoms with Gasteiger partial charge in [0.05, 0.1) is 16.3 Å². The van der Waals surface area contributed by atoms with Crippen molar-refractivity contribution in [3.63, 3.8) is 0 Å². The number of rotatable bonds is 2. The third-order valence-electron chi connectivity index (χ3n) is 2.87. The van der Waals surface area contributed by atoms with Gasteiger partial charge in [0.25, 0.3) is 0 Å². The van der Waals surface area contributed by atoms with Gasteiger partial charge in [0.2, 0.25) is 0 Å². The fourth-order valence-corrected chi connectivity index (χ4v) is 2.78. The van der Waals surface area contributed by atoms with Crippen molar-refractivity contribution in [1.82, 2.24) is 4.98 Å². The Bertz CT molecular complexity index is 632. The average Bonchev–Trinajstić information content (AvgIpc) is 2.77. The predicted molar refractivity (Wildman–Crippen MR) is 74.7 cm³/mol. The molecule has 0 N–H and O–H groups in total. The molecule has 0 bridgehead atoms. The van der Waals surface area contributed by atoms with E-state index in [-0.39, 0.29) is 11.0 Å². The van der Waals surface area contributed by atoms with Crippen molar-refractivity contribution in [3.8, 4) is 6.07 Å². The molecule has 98 valence electrons. The van der Waals surface area contributed by atoms with Gasteiger partial charge in [-0.2, -0.15) is 5.26 Å². The molecule has 0 fully saturated rings. The van der Waals surface area contributed by atoms with E-state index in [1.807, 2.05) is 11.4 Å². The standard InChI is InChI=1S/C15H15FN2S/c1-15(2,3)13-9-19-14(18-13)7-10-5-4-6-12(16)11(10)8-17/h4-6,9H,7H2,1-3H3. The Kier molecular flexibility index (Phi) is 3.68. The van der Waals surface area contributed by atoms with Gasteiger partial charge in [0, 0.05) is 17.2 Å². The Morgan fingerprint density at radius 3 is 2.68 bits per heavy atom. The van der Waals surface area contributed by atoms with E-state index in [9.17, 15) is 4.39 Å². The van der Waals surface area contributed by atoms with E-state index < -0.39 is 5.82 Å². The molecule has 2 aromatic rings. The van der Waals surface area contributed by atoms with E-state index >= 15 is 0 Å². The minimum absolute atomic E-state index is 0.00868. The number of halogens is 1. The number of hydrogen-bond acceptors (Lipinski definition) is 3. The van der Waals surface area contributed by atoms with Gasteiger partial charge in [-0.25, -0.2) is 9.37 Å². The highest BCUT2D eigenvalue weighted by atomic mass is 32.1. The summed E-state index contributed by atoms with van der Waals surface area (Å²) in [5.74, 6) is -0.465. The molecule has 0 atom stereocenters. The molecule has 0 radical (unpaired) electrons. The lowest BCUT2D eigenvalue weighted by Gasteiger charge is -2.14. The van der Waals surface area contributed by atoms with E-state index in [4.69, 9.17) is 5.26 Å². The second kappa shape index (κ2) is 5.10.